The first kappa shape index (κ1) is 22.3. The summed E-state index contributed by atoms with van der Waals surface area (Å²) >= 11 is 0. The van der Waals surface area contributed by atoms with Gasteiger partial charge in [-0.25, -0.2) is 8.42 Å². The summed E-state index contributed by atoms with van der Waals surface area (Å²) in [4.78, 5) is 17.2. The van der Waals surface area contributed by atoms with E-state index in [0.29, 0.717) is 18.5 Å². The fraction of sp³-hybridized carbons (Fsp3) is 0.458. The second-order valence-corrected chi connectivity index (χ2v) is 11.6. The number of hydrogen-bond acceptors (Lipinski definition) is 4. The van der Waals surface area contributed by atoms with E-state index >= 15 is 0 Å². The second-order valence-electron chi connectivity index (χ2n) is 9.38. The van der Waals surface area contributed by atoms with Gasteiger partial charge in [-0.2, -0.15) is 0 Å². The zero-order chi connectivity index (χ0) is 22.1. The van der Waals surface area contributed by atoms with E-state index in [9.17, 15) is 13.2 Å². The van der Waals surface area contributed by atoms with Crippen LogP contribution in [-0.2, 0) is 21.8 Å². The van der Waals surface area contributed by atoms with E-state index < -0.39 is 9.84 Å². The molecule has 2 aromatic rings. The van der Waals surface area contributed by atoms with Gasteiger partial charge in [-0.05, 0) is 47.2 Å². The largest absolute Gasteiger partial charge is 0.378 e. The van der Waals surface area contributed by atoms with Gasteiger partial charge in [0, 0.05) is 37.9 Å². The number of anilines is 1. The SMILES string of the molecule is CN(C)c1ccc(CN(C(=O)c2ccc(C(C)(C)C)cc2)[C@@H]2CCS(=O)(=O)C2)cc1. The van der Waals surface area contributed by atoms with Gasteiger partial charge in [0.2, 0.25) is 0 Å². The predicted octanol–water partition coefficient (Wildman–Crippen LogP) is 3.88. The maximum atomic E-state index is 13.4. The van der Waals surface area contributed by atoms with E-state index in [1.165, 1.54) is 0 Å². The molecule has 6 heteroatoms. The molecule has 0 aliphatic carbocycles. The van der Waals surface area contributed by atoms with Gasteiger partial charge in [-0.15, -0.1) is 0 Å². The van der Waals surface area contributed by atoms with Crippen LogP contribution in [0.4, 0.5) is 5.69 Å². The highest BCUT2D eigenvalue weighted by Gasteiger charge is 2.35. The van der Waals surface area contributed by atoms with Crippen LogP contribution in [0.1, 0.15) is 48.7 Å². The number of sulfone groups is 1. The third-order valence-corrected chi connectivity index (χ3v) is 7.46. The summed E-state index contributed by atoms with van der Waals surface area (Å²) in [5, 5.41) is 0. The normalized spacial score (nSPS) is 18.2. The molecule has 0 radical (unpaired) electrons. The summed E-state index contributed by atoms with van der Waals surface area (Å²) in [5.74, 6) is 0.0627. The van der Waals surface area contributed by atoms with Crippen LogP contribution < -0.4 is 4.90 Å². The Morgan fingerprint density at radius 3 is 2.07 bits per heavy atom. The smallest absolute Gasteiger partial charge is 0.254 e. The summed E-state index contributed by atoms with van der Waals surface area (Å²) in [6.45, 7) is 6.80. The van der Waals surface area contributed by atoms with Crippen LogP contribution in [0.25, 0.3) is 0 Å². The highest BCUT2D eigenvalue weighted by Crippen LogP contribution is 2.26. The Morgan fingerprint density at radius 1 is 1.00 bits per heavy atom. The van der Waals surface area contributed by atoms with E-state index in [2.05, 4.69) is 20.8 Å². The molecule has 1 amide bonds. The molecule has 162 valence electrons. The van der Waals surface area contributed by atoms with Gasteiger partial charge in [0.05, 0.1) is 11.5 Å². The molecule has 1 heterocycles. The molecule has 1 aliphatic rings. The molecule has 0 saturated carbocycles. The van der Waals surface area contributed by atoms with Crippen molar-refractivity contribution >= 4 is 21.4 Å². The molecule has 1 atom stereocenters. The predicted molar refractivity (Wildman–Crippen MR) is 123 cm³/mol. The fourth-order valence-electron chi connectivity index (χ4n) is 3.76. The summed E-state index contributed by atoms with van der Waals surface area (Å²) in [5.41, 5.74) is 3.84. The maximum Gasteiger partial charge on any atom is 0.254 e. The number of amides is 1. The lowest BCUT2D eigenvalue weighted by Gasteiger charge is -2.29. The molecular formula is C24H32N2O3S. The van der Waals surface area contributed by atoms with E-state index in [1.807, 2.05) is 67.5 Å². The van der Waals surface area contributed by atoms with Crippen molar-refractivity contribution in [1.82, 2.24) is 4.90 Å². The Bertz CT molecular complexity index is 988. The van der Waals surface area contributed by atoms with Crippen LogP contribution in [0.15, 0.2) is 48.5 Å². The van der Waals surface area contributed by atoms with Gasteiger partial charge in [0.1, 0.15) is 0 Å². The fourth-order valence-corrected chi connectivity index (χ4v) is 5.49. The molecule has 2 aromatic carbocycles. The standard InChI is InChI=1S/C24H32N2O3S/c1-24(2,3)20-10-8-19(9-11-20)23(27)26(22-14-15-30(28,29)17-22)16-18-6-12-21(13-7-18)25(4)5/h6-13,22H,14-17H2,1-5H3/t22-/m1/s1. The van der Waals surface area contributed by atoms with Crippen LogP contribution in [0, 0.1) is 0 Å². The highest BCUT2D eigenvalue weighted by molar-refractivity contribution is 7.91. The Morgan fingerprint density at radius 2 is 1.60 bits per heavy atom. The van der Waals surface area contributed by atoms with Gasteiger partial charge < -0.3 is 9.80 Å². The van der Waals surface area contributed by atoms with Crippen molar-refractivity contribution in [3.63, 3.8) is 0 Å². The zero-order valence-electron chi connectivity index (χ0n) is 18.6. The van der Waals surface area contributed by atoms with Gasteiger partial charge >= 0.3 is 0 Å². The van der Waals surface area contributed by atoms with Crippen molar-refractivity contribution in [1.29, 1.82) is 0 Å². The Labute approximate surface area is 180 Å². The van der Waals surface area contributed by atoms with Crippen molar-refractivity contribution in [2.75, 3.05) is 30.5 Å². The van der Waals surface area contributed by atoms with Gasteiger partial charge in [-0.3, -0.25) is 4.79 Å². The minimum atomic E-state index is -3.09. The summed E-state index contributed by atoms with van der Waals surface area (Å²) in [7, 11) is 0.870. The molecule has 1 aliphatic heterocycles. The topological polar surface area (TPSA) is 57.7 Å². The minimum absolute atomic E-state index is 0.00891. The quantitative estimate of drug-likeness (QED) is 0.725. The zero-order valence-corrected chi connectivity index (χ0v) is 19.4. The minimum Gasteiger partial charge on any atom is -0.378 e. The second kappa shape index (κ2) is 8.42. The van der Waals surface area contributed by atoms with Crippen LogP contribution >= 0.6 is 0 Å². The average Bonchev–Trinajstić information content (AvgIpc) is 3.05. The molecule has 0 aromatic heterocycles. The Hall–Kier alpha value is -2.34. The maximum absolute atomic E-state index is 13.4. The molecule has 0 N–H and O–H groups in total. The van der Waals surface area contributed by atoms with E-state index in [-0.39, 0.29) is 28.9 Å². The lowest BCUT2D eigenvalue weighted by molar-refractivity contribution is 0.0681. The van der Waals surface area contributed by atoms with Gasteiger partial charge in [0.25, 0.3) is 5.91 Å². The van der Waals surface area contributed by atoms with Crippen molar-refractivity contribution < 1.29 is 13.2 Å². The summed E-state index contributed by atoms with van der Waals surface area (Å²) in [6, 6.07) is 15.4. The number of nitrogens with zero attached hydrogens (tertiary/aromatic N) is 2. The van der Waals surface area contributed by atoms with Crippen molar-refractivity contribution in [2.24, 2.45) is 0 Å². The Kier molecular flexibility index (Phi) is 6.27. The van der Waals surface area contributed by atoms with E-state index in [4.69, 9.17) is 0 Å². The van der Waals surface area contributed by atoms with Crippen LogP contribution in [0.2, 0.25) is 0 Å². The summed E-state index contributed by atoms with van der Waals surface area (Å²) < 4.78 is 24.2. The Balaban J connectivity index is 1.88. The molecule has 3 rings (SSSR count). The molecule has 1 fully saturated rings. The average molecular weight is 429 g/mol. The lowest BCUT2D eigenvalue weighted by atomic mass is 9.86. The molecule has 0 spiro atoms. The van der Waals surface area contributed by atoms with Crippen LogP contribution in [0.3, 0.4) is 0 Å². The monoisotopic (exact) mass is 428 g/mol. The molecule has 5 nitrogen and oxygen atoms in total. The molecule has 30 heavy (non-hydrogen) atoms. The van der Waals surface area contributed by atoms with Gasteiger partial charge in [-0.1, -0.05) is 45.0 Å². The molecule has 0 unspecified atom stereocenters. The van der Waals surface area contributed by atoms with E-state index in [0.717, 1.165) is 16.8 Å². The lowest BCUT2D eigenvalue weighted by Crippen LogP contribution is -2.40. The number of benzene rings is 2. The van der Waals surface area contributed by atoms with E-state index in [1.54, 1.807) is 4.90 Å². The third-order valence-electron chi connectivity index (χ3n) is 5.71. The molecule has 1 saturated heterocycles. The number of carbonyl (C=O) groups is 1. The number of rotatable bonds is 5. The first-order chi connectivity index (χ1) is 14.0. The van der Waals surface area contributed by atoms with Gasteiger partial charge in [0.15, 0.2) is 9.84 Å². The van der Waals surface area contributed by atoms with Crippen molar-refractivity contribution in [2.45, 2.75) is 45.2 Å². The first-order valence-electron chi connectivity index (χ1n) is 10.3. The highest BCUT2D eigenvalue weighted by atomic mass is 32.2. The first-order valence-corrected chi connectivity index (χ1v) is 12.2. The molecular weight excluding hydrogens is 396 g/mol. The third kappa shape index (κ3) is 5.22. The summed E-state index contributed by atoms with van der Waals surface area (Å²) in [6.07, 6.45) is 0.490. The van der Waals surface area contributed by atoms with Crippen LogP contribution in [-0.4, -0.2) is 50.9 Å². The number of hydrogen-bond donors (Lipinski definition) is 0. The molecule has 0 bridgehead atoms. The van der Waals surface area contributed by atoms with Crippen molar-refractivity contribution in [3.8, 4) is 0 Å². The van der Waals surface area contributed by atoms with Crippen LogP contribution in [0.5, 0.6) is 0 Å². The number of carbonyl (C=O) groups excluding carboxylic acids is 1. The van der Waals surface area contributed by atoms with Crippen molar-refractivity contribution in [3.05, 3.63) is 65.2 Å².